The summed E-state index contributed by atoms with van der Waals surface area (Å²) in [5.41, 5.74) is 1.88. The van der Waals surface area contributed by atoms with E-state index in [1.807, 2.05) is 19.1 Å². The number of hydrogen-bond donors (Lipinski definition) is 1. The van der Waals surface area contributed by atoms with Crippen molar-refractivity contribution in [2.45, 2.75) is 13.5 Å². The molecule has 2 N–H and O–H groups in total. The normalized spacial score (nSPS) is 10.0. The van der Waals surface area contributed by atoms with Crippen LogP contribution < -0.4 is 15.4 Å². The lowest BCUT2D eigenvalue weighted by Gasteiger charge is -2.12. The van der Waals surface area contributed by atoms with Crippen LogP contribution in [0.5, 0.6) is 11.5 Å². The van der Waals surface area contributed by atoms with Crippen molar-refractivity contribution in [3.8, 4) is 11.5 Å². The molecule has 0 atom stereocenters. The van der Waals surface area contributed by atoms with Gasteiger partial charge in [0.05, 0.1) is 20.8 Å². The number of benzene rings is 1. The lowest BCUT2D eigenvalue weighted by Crippen LogP contribution is -2.02. The third-order valence-electron chi connectivity index (χ3n) is 2.00. The van der Waals surface area contributed by atoms with Crippen LogP contribution in [0.25, 0.3) is 0 Å². The molecule has 0 fully saturated rings. The zero-order valence-electron chi connectivity index (χ0n) is 8.66. The minimum Gasteiger partial charge on any atom is -0.497 e. The molecule has 14 heavy (non-hydrogen) atoms. The van der Waals surface area contributed by atoms with E-state index in [1.54, 1.807) is 14.2 Å². The molecule has 0 saturated heterocycles. The zero-order chi connectivity index (χ0) is 10.6. The molecule has 0 aliphatic rings. The summed E-state index contributed by atoms with van der Waals surface area (Å²) in [5, 5.41) is 0. The zero-order valence-corrected chi connectivity index (χ0v) is 8.66. The largest absolute Gasteiger partial charge is 0.497 e. The van der Waals surface area contributed by atoms with Gasteiger partial charge in [0, 0.05) is 5.56 Å². The molecule has 0 radical (unpaired) electrons. The van der Waals surface area contributed by atoms with Crippen molar-refractivity contribution in [2.75, 3.05) is 14.2 Å². The molecule has 0 spiro atoms. The molecule has 0 heterocycles. The summed E-state index contributed by atoms with van der Waals surface area (Å²) in [4.78, 5) is 4.59. The summed E-state index contributed by atoms with van der Waals surface area (Å²) in [6, 6.07) is 3.75. The van der Waals surface area contributed by atoms with Crippen molar-refractivity contribution in [1.82, 2.24) is 0 Å². The van der Waals surface area contributed by atoms with Crippen LogP contribution in [-0.2, 0) is 11.4 Å². The molecular weight excluding hydrogens is 182 g/mol. The maximum absolute atomic E-state index is 5.24. The van der Waals surface area contributed by atoms with Crippen LogP contribution in [0, 0.1) is 6.92 Å². The predicted molar refractivity (Wildman–Crippen MR) is 53.3 cm³/mol. The lowest BCUT2D eigenvalue weighted by atomic mass is 10.1. The van der Waals surface area contributed by atoms with E-state index in [0.29, 0.717) is 6.61 Å². The van der Waals surface area contributed by atoms with E-state index < -0.39 is 0 Å². The fourth-order valence-electron chi connectivity index (χ4n) is 1.42. The van der Waals surface area contributed by atoms with Crippen LogP contribution in [0.1, 0.15) is 11.1 Å². The Labute approximate surface area is 83.5 Å². The highest BCUT2D eigenvalue weighted by Gasteiger charge is 2.08. The highest BCUT2D eigenvalue weighted by atomic mass is 16.6. The van der Waals surface area contributed by atoms with Gasteiger partial charge in [-0.05, 0) is 24.6 Å². The van der Waals surface area contributed by atoms with Crippen molar-refractivity contribution in [3.63, 3.8) is 0 Å². The number of ether oxygens (including phenoxy) is 2. The minimum atomic E-state index is 0.307. The van der Waals surface area contributed by atoms with Gasteiger partial charge in [0.25, 0.3) is 0 Å². The maximum atomic E-state index is 5.24. The van der Waals surface area contributed by atoms with Crippen LogP contribution in [0.2, 0.25) is 0 Å². The average molecular weight is 197 g/mol. The average Bonchev–Trinajstić information content (AvgIpc) is 2.18. The number of rotatable bonds is 4. The molecule has 4 nitrogen and oxygen atoms in total. The van der Waals surface area contributed by atoms with Crippen LogP contribution in [0.3, 0.4) is 0 Å². The molecule has 0 aliphatic carbocycles. The quantitative estimate of drug-likeness (QED) is 0.741. The Hall–Kier alpha value is -1.26. The summed E-state index contributed by atoms with van der Waals surface area (Å²) < 4.78 is 10.4. The molecule has 78 valence electrons. The molecule has 0 unspecified atom stereocenters. The van der Waals surface area contributed by atoms with Crippen molar-refractivity contribution >= 4 is 0 Å². The van der Waals surface area contributed by atoms with Crippen LogP contribution in [-0.4, -0.2) is 14.2 Å². The Morgan fingerprint density at radius 1 is 1.21 bits per heavy atom. The predicted octanol–water partition coefficient (Wildman–Crippen LogP) is 1.40. The second-order valence-corrected chi connectivity index (χ2v) is 2.95. The third kappa shape index (κ3) is 2.16. The summed E-state index contributed by atoms with van der Waals surface area (Å²) in [7, 11) is 3.24. The number of aryl methyl sites for hydroxylation is 1. The molecule has 0 bridgehead atoms. The molecule has 1 aromatic rings. The van der Waals surface area contributed by atoms with E-state index in [9.17, 15) is 0 Å². The Balaban J connectivity index is 3.13. The molecular formula is C10H15NO3. The first kappa shape index (κ1) is 10.8. The van der Waals surface area contributed by atoms with Crippen molar-refractivity contribution in [1.29, 1.82) is 0 Å². The minimum absolute atomic E-state index is 0.307. The van der Waals surface area contributed by atoms with Crippen LogP contribution in [0.4, 0.5) is 0 Å². The molecule has 0 aliphatic heterocycles. The van der Waals surface area contributed by atoms with Crippen molar-refractivity contribution < 1.29 is 14.3 Å². The fourth-order valence-corrected chi connectivity index (χ4v) is 1.42. The van der Waals surface area contributed by atoms with E-state index in [2.05, 4.69) is 4.84 Å². The van der Waals surface area contributed by atoms with E-state index >= 15 is 0 Å². The van der Waals surface area contributed by atoms with E-state index in [1.165, 1.54) is 0 Å². The van der Waals surface area contributed by atoms with Gasteiger partial charge < -0.3 is 9.47 Å². The van der Waals surface area contributed by atoms with E-state index in [-0.39, 0.29) is 0 Å². The first-order valence-electron chi connectivity index (χ1n) is 4.26. The standard InChI is InChI=1S/C10H15NO3/c1-7-4-9(12-2)5-8(6-14-11)10(7)13-3/h4-5H,6,11H2,1-3H3. The molecule has 4 heteroatoms. The highest BCUT2D eigenvalue weighted by Crippen LogP contribution is 2.28. The van der Waals surface area contributed by atoms with Gasteiger partial charge in [-0.15, -0.1) is 0 Å². The number of methoxy groups -OCH3 is 2. The maximum Gasteiger partial charge on any atom is 0.127 e. The van der Waals surface area contributed by atoms with Gasteiger partial charge in [-0.25, -0.2) is 5.90 Å². The lowest BCUT2D eigenvalue weighted by molar-refractivity contribution is 0.122. The number of nitrogens with two attached hydrogens (primary N) is 1. The Morgan fingerprint density at radius 3 is 2.43 bits per heavy atom. The highest BCUT2D eigenvalue weighted by molar-refractivity contribution is 5.46. The SMILES string of the molecule is COc1cc(C)c(OC)c(CON)c1. The van der Waals surface area contributed by atoms with Crippen LogP contribution >= 0.6 is 0 Å². The molecule has 1 aromatic carbocycles. The Kier molecular flexibility index (Phi) is 3.73. The molecule has 0 aromatic heterocycles. The Morgan fingerprint density at radius 2 is 1.93 bits per heavy atom. The van der Waals surface area contributed by atoms with E-state index in [0.717, 1.165) is 22.6 Å². The smallest absolute Gasteiger partial charge is 0.127 e. The van der Waals surface area contributed by atoms with Crippen molar-refractivity contribution in [2.24, 2.45) is 5.90 Å². The van der Waals surface area contributed by atoms with Gasteiger partial charge in [0.2, 0.25) is 0 Å². The summed E-state index contributed by atoms with van der Waals surface area (Å²) >= 11 is 0. The van der Waals surface area contributed by atoms with Gasteiger partial charge in [-0.1, -0.05) is 0 Å². The molecule has 0 amide bonds. The topological polar surface area (TPSA) is 53.7 Å². The third-order valence-corrected chi connectivity index (χ3v) is 2.00. The second kappa shape index (κ2) is 4.83. The van der Waals surface area contributed by atoms with Gasteiger partial charge in [0.1, 0.15) is 11.5 Å². The summed E-state index contributed by atoms with van der Waals surface area (Å²) in [6.07, 6.45) is 0. The first-order valence-corrected chi connectivity index (χ1v) is 4.26. The monoisotopic (exact) mass is 197 g/mol. The Bertz CT molecular complexity index is 312. The van der Waals surface area contributed by atoms with Gasteiger partial charge >= 0.3 is 0 Å². The van der Waals surface area contributed by atoms with Gasteiger partial charge in [-0.3, -0.25) is 4.84 Å². The fraction of sp³-hybridized carbons (Fsp3) is 0.400. The number of hydrogen-bond acceptors (Lipinski definition) is 4. The van der Waals surface area contributed by atoms with Crippen LogP contribution in [0.15, 0.2) is 12.1 Å². The summed E-state index contributed by atoms with van der Waals surface area (Å²) in [5.74, 6) is 6.59. The molecule has 1 rings (SSSR count). The van der Waals surface area contributed by atoms with Gasteiger partial charge in [0.15, 0.2) is 0 Å². The first-order chi connectivity index (χ1) is 6.72. The molecule has 0 saturated carbocycles. The summed E-state index contributed by atoms with van der Waals surface area (Å²) in [6.45, 7) is 2.25. The second-order valence-electron chi connectivity index (χ2n) is 2.95. The van der Waals surface area contributed by atoms with Gasteiger partial charge in [-0.2, -0.15) is 0 Å². The van der Waals surface area contributed by atoms with E-state index in [4.69, 9.17) is 15.4 Å². The van der Waals surface area contributed by atoms with Crippen molar-refractivity contribution in [3.05, 3.63) is 23.3 Å².